The maximum Gasteiger partial charge on any atom is 0.309 e. The molecule has 2 rings (SSSR count). The minimum Gasteiger partial charge on any atom is -0.469 e. The third kappa shape index (κ3) is 3.61. The Morgan fingerprint density at radius 2 is 2.00 bits per heavy atom. The van der Waals surface area contributed by atoms with Crippen molar-refractivity contribution in [2.24, 2.45) is 0 Å². The minimum atomic E-state index is -3.60. The molecule has 1 N–H and O–H groups in total. The van der Waals surface area contributed by atoms with Gasteiger partial charge in [0.05, 0.1) is 24.0 Å². The van der Waals surface area contributed by atoms with E-state index in [0.29, 0.717) is 18.5 Å². The molecule has 1 aliphatic rings. The van der Waals surface area contributed by atoms with Crippen molar-refractivity contribution in [3.63, 3.8) is 0 Å². The van der Waals surface area contributed by atoms with Gasteiger partial charge in [-0.25, -0.2) is 8.42 Å². The lowest BCUT2D eigenvalue weighted by atomic mass is 10.1. The van der Waals surface area contributed by atoms with Crippen LogP contribution in [0.4, 0.5) is 0 Å². The van der Waals surface area contributed by atoms with Crippen LogP contribution >= 0.6 is 0 Å². The van der Waals surface area contributed by atoms with Crippen LogP contribution in [-0.4, -0.2) is 49.6 Å². The molecule has 1 aliphatic heterocycles. The molecule has 1 aromatic carbocycles. The normalized spacial score (nSPS) is 23.2. The van der Waals surface area contributed by atoms with Crippen molar-refractivity contribution < 1.29 is 23.1 Å². The van der Waals surface area contributed by atoms with Gasteiger partial charge in [-0.15, -0.1) is 0 Å². The standard InChI is InChI=1S/C14H19NO5S/c1-14(17)7-8-15(10-14)21(18,19)12-5-3-11(4-6-12)9-13(16)20-2/h3-6,17H,7-10H2,1-2H3. The molecule has 1 saturated heterocycles. The van der Waals surface area contributed by atoms with Crippen molar-refractivity contribution in [1.29, 1.82) is 0 Å². The molecule has 0 amide bonds. The summed E-state index contributed by atoms with van der Waals surface area (Å²) in [6, 6.07) is 6.14. The van der Waals surface area contributed by atoms with Gasteiger partial charge < -0.3 is 9.84 Å². The van der Waals surface area contributed by atoms with Crippen molar-refractivity contribution >= 4 is 16.0 Å². The quantitative estimate of drug-likeness (QED) is 0.821. The molecule has 1 unspecified atom stereocenters. The Kier molecular flexibility index (Phi) is 4.36. The smallest absolute Gasteiger partial charge is 0.309 e. The number of carbonyl (C=O) groups is 1. The fourth-order valence-corrected chi connectivity index (χ4v) is 3.83. The Bertz CT molecular complexity index is 621. The van der Waals surface area contributed by atoms with E-state index in [2.05, 4.69) is 4.74 Å². The maximum atomic E-state index is 12.4. The zero-order valence-corrected chi connectivity index (χ0v) is 12.9. The fraction of sp³-hybridized carbons (Fsp3) is 0.500. The highest BCUT2D eigenvalue weighted by atomic mass is 32.2. The highest BCUT2D eigenvalue weighted by molar-refractivity contribution is 7.89. The molecule has 0 saturated carbocycles. The Labute approximate surface area is 124 Å². The summed E-state index contributed by atoms with van der Waals surface area (Å²) in [4.78, 5) is 11.3. The first-order chi connectivity index (χ1) is 9.74. The molecule has 0 aromatic heterocycles. The molecule has 7 heteroatoms. The highest BCUT2D eigenvalue weighted by Crippen LogP contribution is 2.26. The van der Waals surface area contributed by atoms with Gasteiger partial charge in [-0.2, -0.15) is 4.31 Å². The topological polar surface area (TPSA) is 83.9 Å². The van der Waals surface area contributed by atoms with Crippen LogP contribution in [0.25, 0.3) is 0 Å². The summed E-state index contributed by atoms with van der Waals surface area (Å²) in [5.74, 6) is -0.374. The van der Waals surface area contributed by atoms with Gasteiger partial charge in [0.25, 0.3) is 0 Å². The number of esters is 1. The first-order valence-corrected chi connectivity index (χ1v) is 8.07. The van der Waals surface area contributed by atoms with E-state index in [1.165, 1.54) is 23.5 Å². The SMILES string of the molecule is COC(=O)Cc1ccc(S(=O)(=O)N2CCC(C)(O)C2)cc1. The van der Waals surface area contributed by atoms with E-state index in [4.69, 9.17) is 0 Å². The number of methoxy groups -OCH3 is 1. The molecule has 6 nitrogen and oxygen atoms in total. The number of β-amino-alcohol motifs (C(OH)–C–C–N with tert-alkyl or cyclic N) is 1. The summed E-state index contributed by atoms with van der Waals surface area (Å²) in [6.07, 6.45) is 0.530. The van der Waals surface area contributed by atoms with E-state index in [-0.39, 0.29) is 23.8 Å². The number of rotatable bonds is 4. The van der Waals surface area contributed by atoms with Crippen LogP contribution in [0.2, 0.25) is 0 Å². The van der Waals surface area contributed by atoms with Gasteiger partial charge in [0.1, 0.15) is 0 Å². The van der Waals surface area contributed by atoms with Crippen LogP contribution in [0.15, 0.2) is 29.2 Å². The largest absolute Gasteiger partial charge is 0.469 e. The zero-order valence-electron chi connectivity index (χ0n) is 12.1. The van der Waals surface area contributed by atoms with Gasteiger partial charge in [0.15, 0.2) is 0 Å². The van der Waals surface area contributed by atoms with E-state index in [1.807, 2.05) is 0 Å². The molecule has 1 heterocycles. The molecule has 21 heavy (non-hydrogen) atoms. The molecular weight excluding hydrogens is 294 g/mol. The molecular formula is C14H19NO5S. The predicted molar refractivity (Wildman–Crippen MR) is 76.2 cm³/mol. The maximum absolute atomic E-state index is 12.4. The third-order valence-corrected chi connectivity index (χ3v) is 5.41. The number of nitrogens with zero attached hydrogens (tertiary/aromatic N) is 1. The fourth-order valence-electron chi connectivity index (χ4n) is 2.28. The number of sulfonamides is 1. The first kappa shape index (κ1) is 15.9. The monoisotopic (exact) mass is 313 g/mol. The molecule has 1 atom stereocenters. The minimum absolute atomic E-state index is 0.0965. The summed E-state index contributed by atoms with van der Waals surface area (Å²) in [7, 11) is -2.30. The molecule has 1 fully saturated rings. The van der Waals surface area contributed by atoms with Gasteiger partial charge in [-0.05, 0) is 31.0 Å². The second-order valence-electron chi connectivity index (χ2n) is 5.48. The average molecular weight is 313 g/mol. The number of ether oxygens (including phenoxy) is 1. The summed E-state index contributed by atoms with van der Waals surface area (Å²) in [5.41, 5.74) is -0.285. The second kappa shape index (κ2) is 5.75. The Balaban J connectivity index is 2.16. The van der Waals surface area contributed by atoms with Gasteiger partial charge >= 0.3 is 5.97 Å². The van der Waals surface area contributed by atoms with E-state index >= 15 is 0 Å². The first-order valence-electron chi connectivity index (χ1n) is 6.63. The van der Waals surface area contributed by atoms with E-state index in [9.17, 15) is 18.3 Å². The molecule has 1 aromatic rings. The zero-order chi connectivity index (χ0) is 15.7. The number of benzene rings is 1. The molecule has 0 aliphatic carbocycles. The highest BCUT2D eigenvalue weighted by Gasteiger charge is 2.38. The molecule has 0 bridgehead atoms. The van der Waals surface area contributed by atoms with Gasteiger partial charge in [-0.3, -0.25) is 4.79 Å². The van der Waals surface area contributed by atoms with Crippen molar-refractivity contribution in [2.75, 3.05) is 20.2 Å². The van der Waals surface area contributed by atoms with E-state index in [1.54, 1.807) is 19.1 Å². The average Bonchev–Trinajstić information content (AvgIpc) is 2.80. The van der Waals surface area contributed by atoms with Crippen molar-refractivity contribution in [2.45, 2.75) is 30.3 Å². The Morgan fingerprint density at radius 3 is 2.48 bits per heavy atom. The van der Waals surface area contributed by atoms with Gasteiger partial charge in [0, 0.05) is 13.1 Å². The van der Waals surface area contributed by atoms with Crippen molar-refractivity contribution in [1.82, 2.24) is 4.31 Å². The molecule has 116 valence electrons. The number of hydrogen-bond donors (Lipinski definition) is 1. The van der Waals surface area contributed by atoms with Gasteiger partial charge in [0.2, 0.25) is 10.0 Å². The van der Waals surface area contributed by atoms with Crippen LogP contribution in [-0.2, 0) is 26.0 Å². The van der Waals surface area contributed by atoms with E-state index < -0.39 is 15.6 Å². The Morgan fingerprint density at radius 1 is 1.38 bits per heavy atom. The lowest BCUT2D eigenvalue weighted by Gasteiger charge is -2.19. The summed E-state index contributed by atoms with van der Waals surface area (Å²) < 4.78 is 30.7. The number of hydrogen-bond acceptors (Lipinski definition) is 5. The Hall–Kier alpha value is -1.44. The summed E-state index contributed by atoms with van der Waals surface area (Å²) in [6.45, 7) is 2.03. The van der Waals surface area contributed by atoms with Crippen LogP contribution < -0.4 is 0 Å². The predicted octanol–water partition coefficient (Wildman–Crippen LogP) is 0.547. The van der Waals surface area contributed by atoms with Crippen LogP contribution in [0, 0.1) is 0 Å². The number of aliphatic hydroxyl groups is 1. The summed E-state index contributed by atoms with van der Waals surface area (Å²) >= 11 is 0. The molecule has 0 radical (unpaired) electrons. The van der Waals surface area contributed by atoms with Crippen molar-refractivity contribution in [3.8, 4) is 0 Å². The molecule has 0 spiro atoms. The van der Waals surface area contributed by atoms with E-state index in [0.717, 1.165) is 0 Å². The van der Waals surface area contributed by atoms with Crippen LogP contribution in [0.1, 0.15) is 18.9 Å². The van der Waals surface area contributed by atoms with Crippen LogP contribution in [0.5, 0.6) is 0 Å². The summed E-state index contributed by atoms with van der Waals surface area (Å²) in [5, 5.41) is 9.89. The van der Waals surface area contributed by atoms with Crippen LogP contribution in [0.3, 0.4) is 0 Å². The number of carbonyl (C=O) groups excluding carboxylic acids is 1. The second-order valence-corrected chi connectivity index (χ2v) is 7.42. The lowest BCUT2D eigenvalue weighted by molar-refractivity contribution is -0.139. The van der Waals surface area contributed by atoms with Crippen molar-refractivity contribution in [3.05, 3.63) is 29.8 Å². The van der Waals surface area contributed by atoms with Gasteiger partial charge in [-0.1, -0.05) is 12.1 Å². The third-order valence-electron chi connectivity index (χ3n) is 3.55. The lowest BCUT2D eigenvalue weighted by Crippen LogP contribution is -2.33.